The van der Waals surface area contributed by atoms with Crippen LogP contribution in [0, 0.1) is 17.6 Å². The van der Waals surface area contributed by atoms with Crippen molar-refractivity contribution in [1.29, 1.82) is 0 Å². The van der Waals surface area contributed by atoms with Gasteiger partial charge in [-0.15, -0.1) is 0 Å². The van der Waals surface area contributed by atoms with Crippen LogP contribution >= 0.6 is 11.6 Å². The van der Waals surface area contributed by atoms with Crippen LogP contribution in [0.1, 0.15) is 29.6 Å². The van der Waals surface area contributed by atoms with E-state index in [4.69, 9.17) is 16.3 Å². The van der Waals surface area contributed by atoms with Gasteiger partial charge < -0.3 is 14.5 Å². The molecule has 0 aromatic heterocycles. The van der Waals surface area contributed by atoms with E-state index in [1.807, 2.05) is 12.1 Å². The highest BCUT2D eigenvalue weighted by Crippen LogP contribution is 2.22. The van der Waals surface area contributed by atoms with E-state index in [-0.39, 0.29) is 17.4 Å². The molecule has 3 rings (SSSR count). The topological polar surface area (TPSA) is 49.9 Å². The van der Waals surface area contributed by atoms with Crippen LogP contribution in [-0.2, 0) is 4.79 Å². The Kier molecular flexibility index (Phi) is 7.85. The Morgan fingerprint density at radius 1 is 1.16 bits per heavy atom. The van der Waals surface area contributed by atoms with Crippen molar-refractivity contribution < 1.29 is 23.1 Å². The second kappa shape index (κ2) is 10.6. The lowest BCUT2D eigenvalue weighted by Gasteiger charge is -2.33. The molecule has 2 aromatic carbocycles. The van der Waals surface area contributed by atoms with Gasteiger partial charge in [0.05, 0.1) is 12.2 Å². The minimum absolute atomic E-state index is 0.0304. The first-order valence-corrected chi connectivity index (χ1v) is 10.6. The lowest BCUT2D eigenvalue weighted by Crippen LogP contribution is -2.44. The quantitative estimate of drug-likeness (QED) is 0.587. The Hall–Kier alpha value is -2.67. The van der Waals surface area contributed by atoms with Crippen LogP contribution in [0.5, 0.6) is 5.75 Å². The van der Waals surface area contributed by atoms with Crippen LogP contribution in [0.15, 0.2) is 42.5 Å². The maximum absolute atomic E-state index is 13.9. The number of carbonyl (C=O) groups excluding carboxylic acids is 2. The van der Waals surface area contributed by atoms with Gasteiger partial charge in [0, 0.05) is 43.7 Å². The maximum Gasteiger partial charge on any atom is 0.256 e. The molecule has 2 amide bonds. The summed E-state index contributed by atoms with van der Waals surface area (Å²) in [6, 6.07) is 10.1. The van der Waals surface area contributed by atoms with Gasteiger partial charge in [0.1, 0.15) is 17.4 Å². The molecule has 0 bridgehead atoms. The summed E-state index contributed by atoms with van der Waals surface area (Å²) in [5, 5.41) is 0.608. The Balaban J connectivity index is 1.42. The van der Waals surface area contributed by atoms with Gasteiger partial charge in [-0.25, -0.2) is 8.78 Å². The van der Waals surface area contributed by atoms with Crippen molar-refractivity contribution in [2.45, 2.75) is 19.3 Å². The van der Waals surface area contributed by atoms with E-state index in [1.54, 1.807) is 24.1 Å². The normalized spacial score (nSPS) is 14.4. The Morgan fingerprint density at radius 3 is 2.58 bits per heavy atom. The van der Waals surface area contributed by atoms with Crippen molar-refractivity contribution in [1.82, 2.24) is 9.80 Å². The second-order valence-corrected chi connectivity index (χ2v) is 8.05. The molecule has 0 saturated carbocycles. The number of likely N-dealkylation sites (tertiary alicyclic amines) is 1. The van der Waals surface area contributed by atoms with Gasteiger partial charge in [0.25, 0.3) is 5.91 Å². The smallest absolute Gasteiger partial charge is 0.256 e. The van der Waals surface area contributed by atoms with Crippen molar-refractivity contribution in [2.75, 3.05) is 33.3 Å². The van der Waals surface area contributed by atoms with Crippen molar-refractivity contribution in [3.8, 4) is 5.75 Å². The summed E-state index contributed by atoms with van der Waals surface area (Å²) in [6.07, 6.45) is 1.70. The zero-order valence-corrected chi connectivity index (χ0v) is 18.1. The maximum atomic E-state index is 13.9. The number of nitrogens with zero attached hydrogens (tertiary/aromatic N) is 2. The summed E-state index contributed by atoms with van der Waals surface area (Å²) in [4.78, 5) is 28.4. The van der Waals surface area contributed by atoms with E-state index in [0.717, 1.165) is 12.1 Å². The first-order valence-electron chi connectivity index (χ1n) is 10.2. The number of benzene rings is 2. The monoisotopic (exact) mass is 450 g/mol. The fourth-order valence-corrected chi connectivity index (χ4v) is 3.81. The number of carbonyl (C=O) groups is 2. The predicted octanol–water partition coefficient (Wildman–Crippen LogP) is 4.40. The molecule has 31 heavy (non-hydrogen) atoms. The summed E-state index contributed by atoms with van der Waals surface area (Å²) in [7, 11) is 1.76. The van der Waals surface area contributed by atoms with E-state index < -0.39 is 17.5 Å². The summed E-state index contributed by atoms with van der Waals surface area (Å²) in [5.41, 5.74) is -0.150. The van der Waals surface area contributed by atoms with E-state index in [1.165, 1.54) is 4.90 Å². The van der Waals surface area contributed by atoms with E-state index in [0.29, 0.717) is 62.3 Å². The highest BCUT2D eigenvalue weighted by atomic mass is 35.5. The molecule has 1 heterocycles. The first kappa shape index (κ1) is 23.0. The fraction of sp³-hybridized carbons (Fsp3) is 0.391. The number of ether oxygens (including phenoxy) is 1. The standard InChI is InChI=1S/C23H25ClF2N2O3/c1-27(10-3-13-31-19-5-2-4-17(24)14-19)22(29)16-8-11-28(12-9-16)23(30)20-7-6-18(25)15-21(20)26/h2,4-7,14-16H,3,8-13H2,1H3. The Bertz CT molecular complexity index is 933. The number of amides is 2. The minimum atomic E-state index is -0.872. The van der Waals surface area contributed by atoms with E-state index >= 15 is 0 Å². The first-order chi connectivity index (χ1) is 14.8. The second-order valence-electron chi connectivity index (χ2n) is 7.61. The third-order valence-corrected chi connectivity index (χ3v) is 5.61. The van der Waals surface area contributed by atoms with Crippen LogP contribution in [0.2, 0.25) is 5.02 Å². The van der Waals surface area contributed by atoms with Gasteiger partial charge in [-0.2, -0.15) is 0 Å². The SMILES string of the molecule is CN(CCCOc1cccc(Cl)c1)C(=O)C1CCN(C(=O)c2ccc(F)cc2F)CC1. The molecule has 1 aliphatic heterocycles. The van der Waals surface area contributed by atoms with Crippen molar-refractivity contribution >= 4 is 23.4 Å². The average molecular weight is 451 g/mol. The molecule has 1 saturated heterocycles. The highest BCUT2D eigenvalue weighted by Gasteiger charge is 2.30. The molecule has 0 atom stereocenters. The molecule has 0 unspecified atom stereocenters. The largest absolute Gasteiger partial charge is 0.493 e. The molecule has 0 aliphatic carbocycles. The van der Waals surface area contributed by atoms with E-state index in [2.05, 4.69) is 0 Å². The van der Waals surface area contributed by atoms with Gasteiger partial charge in [-0.1, -0.05) is 17.7 Å². The van der Waals surface area contributed by atoms with E-state index in [9.17, 15) is 18.4 Å². The average Bonchev–Trinajstić information content (AvgIpc) is 2.76. The van der Waals surface area contributed by atoms with Crippen molar-refractivity contribution in [3.63, 3.8) is 0 Å². The van der Waals surface area contributed by atoms with Crippen LogP contribution < -0.4 is 4.74 Å². The number of halogens is 3. The summed E-state index contributed by atoms with van der Waals surface area (Å²) >= 11 is 5.92. The zero-order valence-electron chi connectivity index (χ0n) is 17.3. The van der Waals surface area contributed by atoms with Crippen molar-refractivity contribution in [3.05, 3.63) is 64.7 Å². The number of hydrogen-bond donors (Lipinski definition) is 0. The highest BCUT2D eigenvalue weighted by molar-refractivity contribution is 6.30. The lowest BCUT2D eigenvalue weighted by atomic mass is 9.94. The molecule has 166 valence electrons. The Morgan fingerprint density at radius 2 is 1.90 bits per heavy atom. The molecular weight excluding hydrogens is 426 g/mol. The predicted molar refractivity (Wildman–Crippen MR) is 114 cm³/mol. The van der Waals surface area contributed by atoms with Crippen LogP contribution in [0.3, 0.4) is 0 Å². The fourth-order valence-electron chi connectivity index (χ4n) is 3.63. The lowest BCUT2D eigenvalue weighted by molar-refractivity contribution is -0.135. The summed E-state index contributed by atoms with van der Waals surface area (Å²) in [6.45, 7) is 1.74. The summed E-state index contributed by atoms with van der Waals surface area (Å²) < 4.78 is 32.6. The zero-order chi connectivity index (χ0) is 22.4. The molecule has 8 heteroatoms. The Labute approximate surface area is 185 Å². The molecule has 5 nitrogen and oxygen atoms in total. The third kappa shape index (κ3) is 6.17. The minimum Gasteiger partial charge on any atom is -0.493 e. The molecule has 0 radical (unpaired) electrons. The van der Waals surface area contributed by atoms with Crippen LogP contribution in [0.25, 0.3) is 0 Å². The summed E-state index contributed by atoms with van der Waals surface area (Å²) in [5.74, 6) is -1.53. The number of piperidine rings is 1. The number of rotatable bonds is 7. The van der Waals surface area contributed by atoms with Crippen LogP contribution in [0.4, 0.5) is 8.78 Å². The van der Waals surface area contributed by atoms with Gasteiger partial charge in [-0.3, -0.25) is 9.59 Å². The van der Waals surface area contributed by atoms with Crippen LogP contribution in [-0.4, -0.2) is 54.9 Å². The molecular formula is C23H25ClF2N2O3. The third-order valence-electron chi connectivity index (χ3n) is 5.37. The van der Waals surface area contributed by atoms with Crippen molar-refractivity contribution in [2.24, 2.45) is 5.92 Å². The molecule has 2 aromatic rings. The molecule has 1 fully saturated rings. The van der Waals surface area contributed by atoms with Gasteiger partial charge >= 0.3 is 0 Å². The van der Waals surface area contributed by atoms with Gasteiger partial charge in [-0.05, 0) is 49.6 Å². The van der Waals surface area contributed by atoms with Gasteiger partial charge in [0.15, 0.2) is 0 Å². The number of hydrogen-bond acceptors (Lipinski definition) is 3. The molecule has 0 spiro atoms. The molecule has 1 aliphatic rings. The van der Waals surface area contributed by atoms with Gasteiger partial charge in [0.2, 0.25) is 5.91 Å². The molecule has 0 N–H and O–H groups in total.